The molecule has 0 fully saturated rings. The van der Waals surface area contributed by atoms with Crippen molar-refractivity contribution in [1.82, 2.24) is 5.43 Å². The third kappa shape index (κ3) is 3.99. The second-order valence-electron chi connectivity index (χ2n) is 5.35. The van der Waals surface area contributed by atoms with Crippen LogP contribution in [0.1, 0.15) is 15.9 Å². The molecule has 2 aromatic carbocycles. The number of nitrogens with one attached hydrogen (secondary N) is 1. The van der Waals surface area contributed by atoms with Crippen LogP contribution in [-0.2, 0) is 6.54 Å². The topological polar surface area (TPSA) is 86.6 Å². The Morgan fingerprint density at radius 1 is 1.08 bits per heavy atom. The number of carbonyl (C=O) groups excluding carboxylic acids is 1. The summed E-state index contributed by atoms with van der Waals surface area (Å²) in [4.78, 5) is 24.3. The summed E-state index contributed by atoms with van der Waals surface area (Å²) in [6, 6.07) is 14.6. The number of quaternary nitrogens is 1. The van der Waals surface area contributed by atoms with Gasteiger partial charge in [0, 0.05) is 11.1 Å². The summed E-state index contributed by atoms with van der Waals surface area (Å²) < 4.78 is -0.720. The predicted molar refractivity (Wildman–Crippen MR) is 89.1 cm³/mol. The molecule has 6 nitrogen and oxygen atoms in total. The van der Waals surface area contributed by atoms with E-state index in [9.17, 15) is 19.8 Å². The van der Waals surface area contributed by atoms with Gasteiger partial charge >= 0.3 is 6.09 Å². The van der Waals surface area contributed by atoms with E-state index in [1.807, 2.05) is 0 Å². The fourth-order valence-corrected chi connectivity index (χ4v) is 2.33. The van der Waals surface area contributed by atoms with Crippen LogP contribution in [-0.4, -0.2) is 33.4 Å². The number of hydrogen-bond donors (Lipinski definition) is 3. The summed E-state index contributed by atoms with van der Waals surface area (Å²) in [6.07, 6.45) is 0.243. The second-order valence-corrected chi connectivity index (χ2v) is 5.35. The number of aromatic hydroxyl groups is 1. The van der Waals surface area contributed by atoms with Gasteiger partial charge in [-0.3, -0.25) is 4.79 Å². The summed E-state index contributed by atoms with van der Waals surface area (Å²) in [6.45, 7) is 3.62. The zero-order chi connectivity index (χ0) is 17.6. The molecule has 0 saturated heterocycles. The number of nitrogens with zero attached hydrogens (tertiary/aromatic N) is 1. The molecule has 0 aliphatic carbocycles. The van der Waals surface area contributed by atoms with Crippen molar-refractivity contribution >= 4 is 12.0 Å². The van der Waals surface area contributed by atoms with Crippen LogP contribution in [0.2, 0.25) is 0 Å². The van der Waals surface area contributed by atoms with Gasteiger partial charge in [0.05, 0.1) is 0 Å². The normalized spacial score (nSPS) is 12.8. The van der Waals surface area contributed by atoms with Gasteiger partial charge in [0.15, 0.2) is 0 Å². The summed E-state index contributed by atoms with van der Waals surface area (Å²) in [5.41, 5.74) is 3.60. The summed E-state index contributed by atoms with van der Waals surface area (Å²) in [5.74, 6) is -0.400. The maximum Gasteiger partial charge on any atom is 0.539 e. The van der Waals surface area contributed by atoms with Crippen molar-refractivity contribution in [2.75, 3.05) is 6.54 Å². The van der Waals surface area contributed by atoms with Gasteiger partial charge in [-0.05, 0) is 42.5 Å². The fourth-order valence-electron chi connectivity index (χ4n) is 2.33. The minimum absolute atomic E-state index is 0.00871. The molecule has 0 aliphatic rings. The SMILES string of the molecule is C=CC[N@@+](Cc1ccc(O)cc1)(NC(=O)c1ccccc1)C(=O)O. The van der Waals surface area contributed by atoms with Gasteiger partial charge in [-0.2, -0.15) is 10.2 Å². The minimum Gasteiger partial charge on any atom is -0.508 e. The Morgan fingerprint density at radius 3 is 2.25 bits per heavy atom. The molecule has 0 heterocycles. The molecule has 0 aliphatic heterocycles. The van der Waals surface area contributed by atoms with Crippen LogP contribution < -0.4 is 5.43 Å². The third-order valence-corrected chi connectivity index (χ3v) is 3.55. The molecular formula is C18H19N2O4+. The Labute approximate surface area is 139 Å². The maximum absolute atomic E-state index is 12.4. The van der Waals surface area contributed by atoms with Gasteiger partial charge in [0.1, 0.15) is 18.8 Å². The highest BCUT2D eigenvalue weighted by atomic mass is 16.4. The zero-order valence-corrected chi connectivity index (χ0v) is 13.1. The fraction of sp³-hybridized carbons (Fsp3) is 0.111. The molecule has 3 N–H and O–H groups in total. The Balaban J connectivity index is 2.32. The lowest BCUT2D eigenvalue weighted by Gasteiger charge is -2.30. The molecule has 24 heavy (non-hydrogen) atoms. The van der Waals surface area contributed by atoms with Crippen molar-refractivity contribution in [3.63, 3.8) is 0 Å². The van der Waals surface area contributed by atoms with E-state index in [1.165, 1.54) is 18.2 Å². The van der Waals surface area contributed by atoms with Crippen molar-refractivity contribution in [3.8, 4) is 5.75 Å². The molecule has 0 saturated carbocycles. The zero-order valence-electron chi connectivity index (χ0n) is 13.1. The molecule has 2 rings (SSSR count). The van der Waals surface area contributed by atoms with E-state index < -0.39 is 16.6 Å². The van der Waals surface area contributed by atoms with E-state index in [-0.39, 0.29) is 18.8 Å². The molecule has 1 atom stereocenters. The van der Waals surface area contributed by atoms with Gasteiger partial charge < -0.3 is 10.2 Å². The van der Waals surface area contributed by atoms with Gasteiger partial charge in [-0.25, -0.2) is 0 Å². The van der Waals surface area contributed by atoms with Gasteiger partial charge in [-0.1, -0.05) is 24.8 Å². The van der Waals surface area contributed by atoms with Crippen LogP contribution in [0.4, 0.5) is 4.79 Å². The van der Waals surface area contributed by atoms with Crippen molar-refractivity contribution in [1.29, 1.82) is 0 Å². The lowest BCUT2D eigenvalue weighted by atomic mass is 10.2. The lowest BCUT2D eigenvalue weighted by molar-refractivity contribution is -0.899. The van der Waals surface area contributed by atoms with E-state index in [1.54, 1.807) is 42.5 Å². The molecule has 0 aromatic heterocycles. The van der Waals surface area contributed by atoms with Gasteiger partial charge in [0.25, 0.3) is 5.91 Å². The first-order valence-electron chi connectivity index (χ1n) is 7.34. The Kier molecular flexibility index (Phi) is 5.34. The molecule has 0 spiro atoms. The van der Waals surface area contributed by atoms with Crippen molar-refractivity contribution in [2.24, 2.45) is 0 Å². The van der Waals surface area contributed by atoms with Crippen molar-refractivity contribution < 1.29 is 24.4 Å². The molecule has 0 radical (unpaired) electrons. The van der Waals surface area contributed by atoms with E-state index >= 15 is 0 Å². The first-order valence-corrected chi connectivity index (χ1v) is 7.34. The van der Waals surface area contributed by atoms with Gasteiger partial charge in [0.2, 0.25) is 0 Å². The largest absolute Gasteiger partial charge is 0.539 e. The minimum atomic E-state index is -1.20. The Morgan fingerprint density at radius 2 is 1.71 bits per heavy atom. The highest BCUT2D eigenvalue weighted by Gasteiger charge is 2.39. The molecule has 0 unspecified atom stereocenters. The third-order valence-electron chi connectivity index (χ3n) is 3.55. The average Bonchev–Trinajstić information content (AvgIpc) is 2.57. The number of phenols is 1. The van der Waals surface area contributed by atoms with E-state index in [0.717, 1.165) is 0 Å². The molecular weight excluding hydrogens is 308 g/mol. The van der Waals surface area contributed by atoms with Crippen LogP contribution in [0.25, 0.3) is 0 Å². The standard InChI is InChI=1S/C18H18N2O4/c1-2-12-20(18(23)24,13-14-8-10-16(21)11-9-14)19-17(22)15-6-4-3-5-7-15/h2-11H,1,12-13H2,(H2-,19,21,22,23,24)/p+1/t20-/m0/s1. The quantitative estimate of drug-likeness (QED) is 0.448. The number of carbonyl (C=O) groups is 2. The van der Waals surface area contributed by atoms with Crippen LogP contribution >= 0.6 is 0 Å². The summed E-state index contributed by atoms with van der Waals surface area (Å²) >= 11 is 0. The smallest absolute Gasteiger partial charge is 0.508 e. The second kappa shape index (κ2) is 7.43. The molecule has 2 aromatic rings. The number of phenolic OH excluding ortho intramolecular Hbond substituents is 1. The van der Waals surface area contributed by atoms with Gasteiger partial charge in [-0.15, -0.1) is 4.59 Å². The van der Waals surface area contributed by atoms with Crippen LogP contribution in [0.3, 0.4) is 0 Å². The highest BCUT2D eigenvalue weighted by Crippen LogP contribution is 2.17. The summed E-state index contributed by atoms with van der Waals surface area (Å²) in [7, 11) is 0. The van der Waals surface area contributed by atoms with Crippen LogP contribution in [0, 0.1) is 0 Å². The Hall–Kier alpha value is -3.12. The lowest BCUT2D eigenvalue weighted by Crippen LogP contribution is -2.62. The summed E-state index contributed by atoms with van der Waals surface area (Å²) in [5, 5.41) is 19.1. The number of amides is 2. The number of carboxylic acid groups (broad SMARTS) is 1. The van der Waals surface area contributed by atoms with E-state index in [2.05, 4.69) is 12.0 Å². The van der Waals surface area contributed by atoms with Crippen molar-refractivity contribution in [3.05, 3.63) is 78.4 Å². The molecule has 6 heteroatoms. The van der Waals surface area contributed by atoms with E-state index in [0.29, 0.717) is 11.1 Å². The monoisotopic (exact) mass is 327 g/mol. The molecule has 0 bridgehead atoms. The predicted octanol–water partition coefficient (Wildman–Crippen LogP) is 2.92. The molecule has 124 valence electrons. The molecule has 2 amide bonds. The maximum atomic E-state index is 12.4. The highest BCUT2D eigenvalue weighted by molar-refractivity contribution is 5.93. The number of rotatable bonds is 5. The Bertz CT molecular complexity index is 728. The number of benzene rings is 2. The van der Waals surface area contributed by atoms with Crippen molar-refractivity contribution in [2.45, 2.75) is 6.54 Å². The average molecular weight is 327 g/mol. The number of hydrogen-bond acceptors (Lipinski definition) is 3. The first kappa shape index (κ1) is 17.2. The first-order chi connectivity index (χ1) is 11.5. The van der Waals surface area contributed by atoms with E-state index in [4.69, 9.17) is 0 Å². The van der Waals surface area contributed by atoms with Crippen LogP contribution in [0.15, 0.2) is 67.3 Å². The van der Waals surface area contributed by atoms with Crippen LogP contribution in [0.5, 0.6) is 5.75 Å².